The van der Waals surface area contributed by atoms with Crippen LogP contribution >= 0.6 is 0 Å². The van der Waals surface area contributed by atoms with Gasteiger partial charge in [-0.25, -0.2) is 4.79 Å². The number of nitrogens with two attached hydrogens (primary N) is 1. The smallest absolute Gasteiger partial charge is 0.351 e. The minimum atomic E-state index is -1.98. The van der Waals surface area contributed by atoms with E-state index in [4.69, 9.17) is 19.6 Å². The van der Waals surface area contributed by atoms with Gasteiger partial charge in [0.2, 0.25) is 0 Å². The Morgan fingerprint density at radius 2 is 2.08 bits per heavy atom. The van der Waals surface area contributed by atoms with E-state index in [0.29, 0.717) is 0 Å². The highest BCUT2D eigenvalue weighted by Gasteiger charge is 2.47. The molecular formula is C16H29N3O5Si. The highest BCUT2D eigenvalue weighted by Crippen LogP contribution is 2.38. The number of nitrogens with zero attached hydrogens (tertiary/aromatic N) is 2. The summed E-state index contributed by atoms with van der Waals surface area (Å²) in [5.74, 6) is 0.131. The van der Waals surface area contributed by atoms with Crippen molar-refractivity contribution in [3.05, 3.63) is 22.7 Å². The molecule has 0 aromatic carbocycles. The number of hydrogen-bond acceptors (Lipinski definition) is 7. The monoisotopic (exact) mass is 371 g/mol. The van der Waals surface area contributed by atoms with Crippen LogP contribution in [0, 0.1) is 0 Å². The topological polar surface area (TPSA) is 109 Å². The zero-order chi connectivity index (χ0) is 19.0. The summed E-state index contributed by atoms with van der Waals surface area (Å²) in [4.78, 5) is 15.8. The van der Waals surface area contributed by atoms with Crippen LogP contribution < -0.4 is 11.4 Å². The number of ether oxygens (including phenoxy) is 2. The third-order valence-corrected chi connectivity index (χ3v) is 9.63. The first-order valence-electron chi connectivity index (χ1n) is 8.33. The first kappa shape index (κ1) is 20.1. The zero-order valence-electron chi connectivity index (χ0n) is 15.7. The van der Waals surface area contributed by atoms with Crippen molar-refractivity contribution in [2.24, 2.45) is 0 Å². The van der Waals surface area contributed by atoms with Crippen LogP contribution in [0.15, 0.2) is 17.1 Å². The minimum absolute atomic E-state index is 0.0500. The molecule has 1 saturated heterocycles. The second kappa shape index (κ2) is 7.16. The number of anilines is 1. The van der Waals surface area contributed by atoms with Gasteiger partial charge >= 0.3 is 5.69 Å². The van der Waals surface area contributed by atoms with Crippen LogP contribution in [0.1, 0.15) is 27.0 Å². The summed E-state index contributed by atoms with van der Waals surface area (Å²) in [7, 11) is -0.514. The Kier molecular flexibility index (Phi) is 5.74. The average Bonchev–Trinajstić information content (AvgIpc) is 2.80. The fourth-order valence-electron chi connectivity index (χ4n) is 2.46. The molecule has 9 heteroatoms. The quantitative estimate of drug-likeness (QED) is 0.747. The molecule has 142 valence electrons. The lowest BCUT2D eigenvalue weighted by Crippen LogP contribution is -2.44. The molecule has 0 spiro atoms. The van der Waals surface area contributed by atoms with E-state index in [1.54, 1.807) is 0 Å². The standard InChI is InChI=1S/C16H29N3O5Si/c1-16(2,3)25(5,6)23-9-10-12(20)13(22-4)14(24-10)19-8-7-11(17)18-15(19)21/h7-8,10,12-14,20H,9H2,1-6H3,(H2,17,18,21)/t10-,12?,13?,14-/m1/s1. The molecule has 1 aliphatic rings. The third kappa shape index (κ3) is 4.12. The number of methoxy groups -OCH3 is 1. The second-order valence-electron chi connectivity index (χ2n) is 7.87. The molecule has 0 amide bonds. The first-order valence-corrected chi connectivity index (χ1v) is 11.2. The predicted octanol–water partition coefficient (Wildman–Crippen LogP) is 1.12. The van der Waals surface area contributed by atoms with E-state index in [1.165, 1.54) is 23.9 Å². The summed E-state index contributed by atoms with van der Waals surface area (Å²) in [5, 5.41) is 10.6. The maximum atomic E-state index is 12.1. The Bertz CT molecular complexity index is 658. The Balaban J connectivity index is 2.17. The lowest BCUT2D eigenvalue weighted by Gasteiger charge is -2.37. The molecule has 0 radical (unpaired) electrons. The van der Waals surface area contributed by atoms with Crippen molar-refractivity contribution in [3.8, 4) is 0 Å². The Hall–Kier alpha value is -1.26. The third-order valence-electron chi connectivity index (χ3n) is 5.13. The molecule has 25 heavy (non-hydrogen) atoms. The molecule has 4 atom stereocenters. The first-order chi connectivity index (χ1) is 11.5. The van der Waals surface area contributed by atoms with Gasteiger partial charge in [0.25, 0.3) is 0 Å². The summed E-state index contributed by atoms with van der Waals surface area (Å²) in [6.45, 7) is 10.9. The van der Waals surface area contributed by atoms with Gasteiger partial charge < -0.3 is 24.7 Å². The molecule has 0 aliphatic carbocycles. The van der Waals surface area contributed by atoms with E-state index in [0.717, 1.165) is 0 Å². The average molecular weight is 372 g/mol. The number of hydrogen-bond donors (Lipinski definition) is 2. The van der Waals surface area contributed by atoms with Crippen molar-refractivity contribution in [2.45, 2.75) is 63.4 Å². The summed E-state index contributed by atoms with van der Waals surface area (Å²) >= 11 is 0. The van der Waals surface area contributed by atoms with Gasteiger partial charge in [-0.05, 0) is 24.2 Å². The van der Waals surface area contributed by atoms with Gasteiger partial charge in [0, 0.05) is 13.3 Å². The van der Waals surface area contributed by atoms with Gasteiger partial charge in [-0.2, -0.15) is 4.98 Å². The molecule has 0 saturated carbocycles. The zero-order valence-corrected chi connectivity index (χ0v) is 16.7. The van der Waals surface area contributed by atoms with Gasteiger partial charge in [0.1, 0.15) is 24.1 Å². The Morgan fingerprint density at radius 3 is 2.60 bits per heavy atom. The summed E-state index contributed by atoms with van der Waals surface area (Å²) in [5.41, 5.74) is 4.97. The molecule has 3 N–H and O–H groups in total. The summed E-state index contributed by atoms with van der Waals surface area (Å²) in [6, 6.07) is 1.50. The van der Waals surface area contributed by atoms with Crippen LogP contribution in [-0.4, -0.2) is 55.0 Å². The highest BCUT2D eigenvalue weighted by molar-refractivity contribution is 6.74. The minimum Gasteiger partial charge on any atom is -0.414 e. The van der Waals surface area contributed by atoms with Crippen molar-refractivity contribution in [1.82, 2.24) is 9.55 Å². The number of aliphatic hydroxyl groups excluding tert-OH is 1. The van der Waals surface area contributed by atoms with E-state index >= 15 is 0 Å². The van der Waals surface area contributed by atoms with Crippen LogP contribution in [0.5, 0.6) is 0 Å². The fraction of sp³-hybridized carbons (Fsp3) is 0.750. The maximum absolute atomic E-state index is 12.1. The van der Waals surface area contributed by atoms with Gasteiger partial charge in [-0.1, -0.05) is 20.8 Å². The lowest BCUT2D eigenvalue weighted by atomic mass is 10.1. The molecule has 1 aromatic heterocycles. The fourth-order valence-corrected chi connectivity index (χ4v) is 3.48. The highest BCUT2D eigenvalue weighted by atomic mass is 28.4. The van der Waals surface area contributed by atoms with Crippen molar-refractivity contribution >= 4 is 14.1 Å². The second-order valence-corrected chi connectivity index (χ2v) is 12.7. The van der Waals surface area contributed by atoms with Gasteiger partial charge in [-0.3, -0.25) is 4.57 Å². The number of nitrogen functional groups attached to an aromatic ring is 1. The number of aromatic nitrogens is 2. The molecule has 2 heterocycles. The molecule has 1 aromatic rings. The van der Waals surface area contributed by atoms with Crippen LogP contribution in [0.3, 0.4) is 0 Å². The van der Waals surface area contributed by atoms with Crippen LogP contribution in [-0.2, 0) is 13.9 Å². The Labute approximate surface area is 149 Å². The van der Waals surface area contributed by atoms with E-state index in [2.05, 4.69) is 38.8 Å². The molecule has 2 unspecified atom stereocenters. The normalized spacial score (nSPS) is 27.6. The van der Waals surface area contributed by atoms with E-state index in [-0.39, 0.29) is 17.5 Å². The SMILES string of the molecule is COC1C(O)[C@@H](CO[Si](C)(C)C(C)(C)C)O[C@H]1n1ccc(N)nc1=O. The van der Waals surface area contributed by atoms with Crippen molar-refractivity contribution in [2.75, 3.05) is 19.5 Å². The van der Waals surface area contributed by atoms with E-state index < -0.39 is 38.5 Å². The van der Waals surface area contributed by atoms with Crippen molar-refractivity contribution in [3.63, 3.8) is 0 Å². The summed E-state index contributed by atoms with van der Waals surface area (Å²) in [6.07, 6.45) is -1.49. The Morgan fingerprint density at radius 1 is 1.44 bits per heavy atom. The summed E-state index contributed by atoms with van der Waals surface area (Å²) < 4.78 is 18.7. The van der Waals surface area contributed by atoms with Crippen LogP contribution in [0.25, 0.3) is 0 Å². The maximum Gasteiger partial charge on any atom is 0.351 e. The molecule has 2 rings (SSSR count). The van der Waals surface area contributed by atoms with Crippen LogP contribution in [0.2, 0.25) is 18.1 Å². The van der Waals surface area contributed by atoms with Gasteiger partial charge in [0.05, 0.1) is 6.61 Å². The molecule has 8 nitrogen and oxygen atoms in total. The molecule has 1 fully saturated rings. The largest absolute Gasteiger partial charge is 0.414 e. The number of aliphatic hydroxyl groups is 1. The molecular weight excluding hydrogens is 342 g/mol. The van der Waals surface area contributed by atoms with Gasteiger partial charge in [-0.15, -0.1) is 0 Å². The predicted molar refractivity (Wildman–Crippen MR) is 96.8 cm³/mol. The number of rotatable bonds is 5. The molecule has 0 bridgehead atoms. The van der Waals surface area contributed by atoms with Gasteiger partial charge in [0.15, 0.2) is 14.5 Å². The van der Waals surface area contributed by atoms with Crippen molar-refractivity contribution in [1.29, 1.82) is 0 Å². The lowest BCUT2D eigenvalue weighted by molar-refractivity contribution is -0.0612. The van der Waals surface area contributed by atoms with E-state index in [9.17, 15) is 9.90 Å². The molecule has 1 aliphatic heterocycles. The van der Waals surface area contributed by atoms with Crippen LogP contribution in [0.4, 0.5) is 5.82 Å². The van der Waals surface area contributed by atoms with E-state index in [1.807, 2.05) is 0 Å². The van der Waals surface area contributed by atoms with Crippen molar-refractivity contribution < 1.29 is 19.0 Å².